The Morgan fingerprint density at radius 3 is 2.65 bits per heavy atom. The minimum absolute atomic E-state index is 0.491. The lowest BCUT2D eigenvalue weighted by Gasteiger charge is -2.31. The Morgan fingerprint density at radius 2 is 2.00 bits per heavy atom. The first-order valence-electron chi connectivity index (χ1n) is 6.90. The van der Waals surface area contributed by atoms with Crippen molar-refractivity contribution in [1.29, 1.82) is 0 Å². The van der Waals surface area contributed by atoms with Crippen LogP contribution in [-0.2, 0) is 9.47 Å². The molecular weight excluding hydrogens is 216 g/mol. The summed E-state index contributed by atoms with van der Waals surface area (Å²) in [5, 5.41) is 3.46. The maximum atomic E-state index is 5.36. The highest BCUT2D eigenvalue weighted by Crippen LogP contribution is 2.11. The van der Waals surface area contributed by atoms with Crippen molar-refractivity contribution >= 4 is 0 Å². The van der Waals surface area contributed by atoms with Gasteiger partial charge in [0.2, 0.25) is 0 Å². The second-order valence-corrected chi connectivity index (χ2v) is 4.58. The van der Waals surface area contributed by atoms with E-state index in [-0.39, 0.29) is 0 Å². The van der Waals surface area contributed by atoms with E-state index in [9.17, 15) is 0 Å². The summed E-state index contributed by atoms with van der Waals surface area (Å²) in [6.07, 6.45) is 3.96. The lowest BCUT2D eigenvalue weighted by molar-refractivity contribution is 0.0414. The molecule has 1 heterocycles. The number of nitrogens with one attached hydrogen (secondary N) is 1. The van der Waals surface area contributed by atoms with Crippen LogP contribution in [0.3, 0.4) is 0 Å². The maximum absolute atomic E-state index is 5.36. The Labute approximate surface area is 106 Å². The fourth-order valence-corrected chi connectivity index (χ4v) is 2.17. The number of nitrogens with zero attached hydrogens (tertiary/aromatic N) is 1. The van der Waals surface area contributed by atoms with Gasteiger partial charge in [-0.05, 0) is 32.7 Å². The Bertz CT molecular complexity index is 171. The average molecular weight is 244 g/mol. The number of methoxy groups -OCH3 is 1. The predicted octanol–water partition coefficient (Wildman–Crippen LogP) is 1.11. The minimum atomic E-state index is 0.491. The van der Waals surface area contributed by atoms with Crippen molar-refractivity contribution in [3.05, 3.63) is 0 Å². The molecular formula is C13H28N2O2. The zero-order valence-corrected chi connectivity index (χ0v) is 11.4. The van der Waals surface area contributed by atoms with Crippen LogP contribution in [0.4, 0.5) is 0 Å². The molecule has 1 rings (SSSR count). The molecule has 0 unspecified atom stereocenters. The van der Waals surface area contributed by atoms with Gasteiger partial charge in [-0.1, -0.05) is 0 Å². The van der Waals surface area contributed by atoms with Gasteiger partial charge in [-0.25, -0.2) is 0 Å². The Kier molecular flexibility index (Phi) is 8.61. The van der Waals surface area contributed by atoms with E-state index in [1.54, 1.807) is 0 Å². The molecule has 4 heteroatoms. The van der Waals surface area contributed by atoms with E-state index >= 15 is 0 Å². The molecule has 4 nitrogen and oxygen atoms in total. The van der Waals surface area contributed by atoms with Crippen LogP contribution in [0.5, 0.6) is 0 Å². The SMILES string of the molecule is CCOCCCNCCN1CCC(OC)CC1. The molecule has 17 heavy (non-hydrogen) atoms. The lowest BCUT2D eigenvalue weighted by Crippen LogP contribution is -2.40. The quantitative estimate of drug-likeness (QED) is 0.616. The minimum Gasteiger partial charge on any atom is -0.382 e. The number of piperidine rings is 1. The highest BCUT2D eigenvalue weighted by molar-refractivity contribution is 4.72. The van der Waals surface area contributed by atoms with E-state index < -0.39 is 0 Å². The van der Waals surface area contributed by atoms with Gasteiger partial charge >= 0.3 is 0 Å². The molecule has 0 saturated carbocycles. The zero-order valence-electron chi connectivity index (χ0n) is 11.4. The number of ether oxygens (including phenoxy) is 2. The van der Waals surface area contributed by atoms with E-state index in [1.165, 1.54) is 25.9 Å². The van der Waals surface area contributed by atoms with Gasteiger partial charge in [-0.15, -0.1) is 0 Å². The van der Waals surface area contributed by atoms with Crippen molar-refractivity contribution in [3.63, 3.8) is 0 Å². The van der Waals surface area contributed by atoms with Gasteiger partial charge in [-0.2, -0.15) is 0 Å². The Morgan fingerprint density at radius 1 is 1.24 bits per heavy atom. The molecule has 0 bridgehead atoms. The summed E-state index contributed by atoms with van der Waals surface area (Å²) in [7, 11) is 1.82. The maximum Gasteiger partial charge on any atom is 0.0595 e. The molecule has 102 valence electrons. The standard InChI is InChI=1S/C13H28N2O2/c1-3-17-12-4-7-14-8-11-15-9-5-13(16-2)6-10-15/h13-14H,3-12H2,1-2H3. The number of hydrogen-bond donors (Lipinski definition) is 1. The summed E-state index contributed by atoms with van der Waals surface area (Å²) in [6, 6.07) is 0. The van der Waals surface area contributed by atoms with Crippen molar-refractivity contribution in [2.45, 2.75) is 32.3 Å². The highest BCUT2D eigenvalue weighted by Gasteiger charge is 2.17. The van der Waals surface area contributed by atoms with E-state index in [0.717, 1.165) is 39.3 Å². The lowest BCUT2D eigenvalue weighted by atomic mass is 10.1. The number of hydrogen-bond acceptors (Lipinski definition) is 4. The number of rotatable bonds is 9. The monoisotopic (exact) mass is 244 g/mol. The van der Waals surface area contributed by atoms with Gasteiger partial charge in [0.15, 0.2) is 0 Å². The van der Waals surface area contributed by atoms with Crippen LogP contribution in [0.2, 0.25) is 0 Å². The van der Waals surface area contributed by atoms with E-state index in [2.05, 4.69) is 10.2 Å². The first-order chi connectivity index (χ1) is 8.36. The van der Waals surface area contributed by atoms with Crippen molar-refractivity contribution in [1.82, 2.24) is 10.2 Å². The van der Waals surface area contributed by atoms with E-state index in [4.69, 9.17) is 9.47 Å². The van der Waals surface area contributed by atoms with Gasteiger partial charge in [-0.3, -0.25) is 0 Å². The molecule has 1 aliphatic heterocycles. The summed E-state index contributed by atoms with van der Waals surface area (Å²) in [5.74, 6) is 0. The second kappa shape index (κ2) is 9.83. The topological polar surface area (TPSA) is 33.7 Å². The van der Waals surface area contributed by atoms with Gasteiger partial charge in [0.05, 0.1) is 6.10 Å². The molecule has 1 aliphatic rings. The van der Waals surface area contributed by atoms with Crippen molar-refractivity contribution in [3.8, 4) is 0 Å². The Balaban J connectivity index is 1.87. The molecule has 0 aliphatic carbocycles. The molecule has 0 spiro atoms. The Hall–Kier alpha value is -0.160. The smallest absolute Gasteiger partial charge is 0.0595 e. The molecule has 0 amide bonds. The normalized spacial score (nSPS) is 18.7. The van der Waals surface area contributed by atoms with Crippen molar-refractivity contribution in [2.24, 2.45) is 0 Å². The van der Waals surface area contributed by atoms with Crippen molar-refractivity contribution in [2.75, 3.05) is 53.0 Å². The van der Waals surface area contributed by atoms with Crippen molar-refractivity contribution < 1.29 is 9.47 Å². The summed E-state index contributed by atoms with van der Waals surface area (Å²) in [5.41, 5.74) is 0. The second-order valence-electron chi connectivity index (χ2n) is 4.58. The first-order valence-corrected chi connectivity index (χ1v) is 6.90. The van der Waals surface area contributed by atoms with Crippen LogP contribution in [0.1, 0.15) is 26.2 Å². The molecule has 1 saturated heterocycles. The third kappa shape index (κ3) is 6.99. The van der Waals surface area contributed by atoms with Crippen LogP contribution < -0.4 is 5.32 Å². The molecule has 0 atom stereocenters. The summed E-state index contributed by atoms with van der Waals surface area (Å²) < 4.78 is 10.7. The van der Waals surface area contributed by atoms with Crippen LogP contribution in [0, 0.1) is 0 Å². The molecule has 0 aromatic rings. The van der Waals surface area contributed by atoms with Gasteiger partial charge in [0, 0.05) is 46.5 Å². The zero-order chi connectivity index (χ0) is 12.3. The molecule has 0 radical (unpaired) electrons. The third-order valence-corrected chi connectivity index (χ3v) is 3.32. The fraction of sp³-hybridized carbons (Fsp3) is 1.00. The molecule has 0 aromatic carbocycles. The van der Waals surface area contributed by atoms with Crippen LogP contribution in [-0.4, -0.2) is 64.1 Å². The fourth-order valence-electron chi connectivity index (χ4n) is 2.17. The molecule has 1 fully saturated rings. The number of likely N-dealkylation sites (tertiary alicyclic amines) is 1. The summed E-state index contributed by atoms with van der Waals surface area (Å²) in [4.78, 5) is 2.52. The van der Waals surface area contributed by atoms with E-state index in [1.807, 2.05) is 14.0 Å². The van der Waals surface area contributed by atoms with Gasteiger partial charge in [0.25, 0.3) is 0 Å². The largest absolute Gasteiger partial charge is 0.382 e. The molecule has 1 N–H and O–H groups in total. The van der Waals surface area contributed by atoms with Gasteiger partial charge < -0.3 is 19.7 Å². The average Bonchev–Trinajstić information content (AvgIpc) is 2.38. The van der Waals surface area contributed by atoms with E-state index in [0.29, 0.717) is 6.10 Å². The van der Waals surface area contributed by atoms with Crippen LogP contribution in [0.15, 0.2) is 0 Å². The summed E-state index contributed by atoms with van der Waals surface area (Å²) >= 11 is 0. The third-order valence-electron chi connectivity index (χ3n) is 3.32. The van der Waals surface area contributed by atoms with Gasteiger partial charge in [0.1, 0.15) is 0 Å². The first kappa shape index (κ1) is 14.9. The molecule has 0 aromatic heterocycles. The van der Waals surface area contributed by atoms with Crippen LogP contribution in [0.25, 0.3) is 0 Å². The summed E-state index contributed by atoms with van der Waals surface area (Å²) in [6.45, 7) is 9.41. The predicted molar refractivity (Wildman–Crippen MR) is 70.5 cm³/mol. The highest BCUT2D eigenvalue weighted by atomic mass is 16.5. The van der Waals surface area contributed by atoms with Crippen LogP contribution >= 0.6 is 0 Å².